The molecule has 3 heteroatoms. The lowest BCUT2D eigenvalue weighted by Crippen LogP contribution is -2.38. The predicted molar refractivity (Wildman–Crippen MR) is 71.1 cm³/mol. The van der Waals surface area contributed by atoms with Crippen molar-refractivity contribution in [2.24, 2.45) is 0 Å². The molecular weight excluding hydrogens is 212 g/mol. The molecule has 0 radical (unpaired) electrons. The number of aliphatic hydroxyl groups is 1. The van der Waals surface area contributed by atoms with Gasteiger partial charge < -0.3 is 10.4 Å². The maximum absolute atomic E-state index is 9.44. The summed E-state index contributed by atoms with van der Waals surface area (Å²) < 4.78 is 0. The van der Waals surface area contributed by atoms with E-state index < -0.39 is 0 Å². The molecule has 2 aromatic rings. The summed E-state index contributed by atoms with van der Waals surface area (Å²) in [5, 5.41) is 13.9. The molecule has 1 atom stereocenters. The number of para-hydroxylation sites is 1. The van der Waals surface area contributed by atoms with E-state index in [1.54, 1.807) is 6.20 Å². The van der Waals surface area contributed by atoms with Crippen LogP contribution in [0.2, 0.25) is 0 Å². The standard InChI is InChI=1S/C14H18N2O/c1-3-14(2,10-17)16-13-8-9-15-12-7-5-4-6-11(12)13/h4-9,17H,3,10H2,1-2H3,(H,15,16). The summed E-state index contributed by atoms with van der Waals surface area (Å²) >= 11 is 0. The van der Waals surface area contributed by atoms with E-state index >= 15 is 0 Å². The molecule has 2 N–H and O–H groups in total. The second kappa shape index (κ2) is 4.72. The first-order chi connectivity index (χ1) is 8.18. The smallest absolute Gasteiger partial charge is 0.0722 e. The zero-order valence-corrected chi connectivity index (χ0v) is 10.3. The molecule has 0 spiro atoms. The van der Waals surface area contributed by atoms with Gasteiger partial charge in [-0.15, -0.1) is 0 Å². The van der Waals surface area contributed by atoms with Crippen LogP contribution in [0.4, 0.5) is 5.69 Å². The van der Waals surface area contributed by atoms with E-state index in [-0.39, 0.29) is 12.1 Å². The van der Waals surface area contributed by atoms with Crippen molar-refractivity contribution in [1.29, 1.82) is 0 Å². The predicted octanol–water partition coefficient (Wildman–Crippen LogP) is 2.81. The lowest BCUT2D eigenvalue weighted by atomic mass is 9.99. The van der Waals surface area contributed by atoms with Gasteiger partial charge in [0.05, 0.1) is 17.7 Å². The summed E-state index contributed by atoms with van der Waals surface area (Å²) in [7, 11) is 0. The van der Waals surface area contributed by atoms with Gasteiger partial charge in [0.25, 0.3) is 0 Å². The van der Waals surface area contributed by atoms with Gasteiger partial charge in [-0.25, -0.2) is 0 Å². The molecule has 1 aromatic carbocycles. The molecule has 0 bridgehead atoms. The van der Waals surface area contributed by atoms with Gasteiger partial charge in [-0.2, -0.15) is 0 Å². The molecule has 0 saturated carbocycles. The highest BCUT2D eigenvalue weighted by atomic mass is 16.3. The number of fused-ring (bicyclic) bond motifs is 1. The van der Waals surface area contributed by atoms with Crippen molar-refractivity contribution in [3.8, 4) is 0 Å². The van der Waals surface area contributed by atoms with Crippen molar-refractivity contribution in [2.75, 3.05) is 11.9 Å². The third kappa shape index (κ3) is 2.39. The van der Waals surface area contributed by atoms with Gasteiger partial charge in [0, 0.05) is 17.3 Å². The average Bonchev–Trinajstić information content (AvgIpc) is 2.39. The first kappa shape index (κ1) is 11.9. The Kier molecular flexibility index (Phi) is 3.29. The molecule has 0 aliphatic heterocycles. The van der Waals surface area contributed by atoms with Crippen molar-refractivity contribution in [2.45, 2.75) is 25.8 Å². The van der Waals surface area contributed by atoms with E-state index in [0.717, 1.165) is 23.0 Å². The van der Waals surface area contributed by atoms with Gasteiger partial charge in [-0.05, 0) is 25.5 Å². The summed E-state index contributed by atoms with van der Waals surface area (Å²) in [6.45, 7) is 4.19. The molecular formula is C14H18N2O. The Morgan fingerprint density at radius 1 is 1.29 bits per heavy atom. The molecule has 3 nitrogen and oxygen atoms in total. The van der Waals surface area contributed by atoms with E-state index in [0.29, 0.717) is 0 Å². The Hall–Kier alpha value is -1.61. The first-order valence-corrected chi connectivity index (χ1v) is 5.91. The minimum atomic E-state index is -0.288. The van der Waals surface area contributed by atoms with Crippen LogP contribution in [0.1, 0.15) is 20.3 Å². The van der Waals surface area contributed by atoms with Gasteiger partial charge in [-0.1, -0.05) is 25.1 Å². The Morgan fingerprint density at radius 3 is 2.76 bits per heavy atom. The van der Waals surface area contributed by atoms with Crippen molar-refractivity contribution >= 4 is 16.6 Å². The molecule has 0 saturated heterocycles. The third-order valence-corrected chi connectivity index (χ3v) is 3.21. The minimum absolute atomic E-state index is 0.111. The van der Waals surface area contributed by atoms with Crippen molar-refractivity contribution in [1.82, 2.24) is 4.98 Å². The quantitative estimate of drug-likeness (QED) is 0.849. The van der Waals surface area contributed by atoms with Crippen LogP contribution in [-0.2, 0) is 0 Å². The number of hydrogen-bond donors (Lipinski definition) is 2. The fourth-order valence-corrected chi connectivity index (χ4v) is 1.77. The average molecular weight is 230 g/mol. The molecule has 1 unspecified atom stereocenters. The minimum Gasteiger partial charge on any atom is -0.394 e. The van der Waals surface area contributed by atoms with Gasteiger partial charge >= 0.3 is 0 Å². The zero-order chi connectivity index (χ0) is 12.3. The van der Waals surface area contributed by atoms with Crippen molar-refractivity contribution in [3.05, 3.63) is 36.5 Å². The van der Waals surface area contributed by atoms with Crippen LogP contribution in [-0.4, -0.2) is 22.2 Å². The Labute approximate surface area is 102 Å². The highest BCUT2D eigenvalue weighted by Gasteiger charge is 2.21. The Morgan fingerprint density at radius 2 is 2.06 bits per heavy atom. The van der Waals surface area contributed by atoms with Gasteiger partial charge in [0.2, 0.25) is 0 Å². The van der Waals surface area contributed by atoms with Gasteiger partial charge in [0.1, 0.15) is 0 Å². The van der Waals surface area contributed by atoms with Crippen LogP contribution in [0.25, 0.3) is 10.9 Å². The molecule has 17 heavy (non-hydrogen) atoms. The number of aliphatic hydroxyl groups excluding tert-OH is 1. The molecule has 0 fully saturated rings. The molecule has 1 aromatic heterocycles. The van der Waals surface area contributed by atoms with E-state index in [9.17, 15) is 5.11 Å². The molecule has 90 valence electrons. The van der Waals surface area contributed by atoms with Crippen molar-refractivity contribution < 1.29 is 5.11 Å². The monoisotopic (exact) mass is 230 g/mol. The largest absolute Gasteiger partial charge is 0.394 e. The summed E-state index contributed by atoms with van der Waals surface area (Å²) in [6.07, 6.45) is 2.65. The number of aromatic nitrogens is 1. The number of nitrogens with one attached hydrogen (secondary N) is 1. The highest BCUT2D eigenvalue weighted by Crippen LogP contribution is 2.25. The Balaban J connectivity index is 2.42. The number of nitrogens with zero attached hydrogens (tertiary/aromatic N) is 1. The molecule has 0 amide bonds. The zero-order valence-electron chi connectivity index (χ0n) is 10.3. The lowest BCUT2D eigenvalue weighted by Gasteiger charge is -2.29. The lowest BCUT2D eigenvalue weighted by molar-refractivity contribution is 0.219. The summed E-state index contributed by atoms with van der Waals surface area (Å²) in [5.41, 5.74) is 1.70. The van der Waals surface area contributed by atoms with Crippen LogP contribution >= 0.6 is 0 Å². The SMILES string of the molecule is CCC(C)(CO)Nc1ccnc2ccccc12. The molecule has 0 aliphatic carbocycles. The maximum atomic E-state index is 9.44. The van der Waals surface area contributed by atoms with E-state index in [1.807, 2.05) is 37.3 Å². The maximum Gasteiger partial charge on any atom is 0.0722 e. The highest BCUT2D eigenvalue weighted by molar-refractivity contribution is 5.91. The number of hydrogen-bond acceptors (Lipinski definition) is 3. The van der Waals surface area contributed by atoms with Crippen LogP contribution in [0.5, 0.6) is 0 Å². The van der Waals surface area contributed by atoms with Crippen LogP contribution < -0.4 is 5.32 Å². The molecule has 1 heterocycles. The van der Waals surface area contributed by atoms with E-state index in [1.165, 1.54) is 0 Å². The molecule has 0 aliphatic rings. The number of pyridine rings is 1. The van der Waals surface area contributed by atoms with Gasteiger partial charge in [-0.3, -0.25) is 4.98 Å². The van der Waals surface area contributed by atoms with Crippen molar-refractivity contribution in [3.63, 3.8) is 0 Å². The summed E-state index contributed by atoms with van der Waals surface area (Å²) in [6, 6.07) is 9.95. The topological polar surface area (TPSA) is 45.1 Å². The number of rotatable bonds is 4. The Bertz CT molecular complexity index is 501. The molecule has 2 rings (SSSR count). The van der Waals surface area contributed by atoms with Crippen LogP contribution in [0, 0.1) is 0 Å². The van der Waals surface area contributed by atoms with Crippen LogP contribution in [0.3, 0.4) is 0 Å². The summed E-state index contributed by atoms with van der Waals surface area (Å²) in [5.74, 6) is 0. The van der Waals surface area contributed by atoms with E-state index in [4.69, 9.17) is 0 Å². The van der Waals surface area contributed by atoms with E-state index in [2.05, 4.69) is 17.2 Å². The normalized spacial score (nSPS) is 14.5. The first-order valence-electron chi connectivity index (χ1n) is 5.91. The second-order valence-electron chi connectivity index (χ2n) is 4.57. The van der Waals surface area contributed by atoms with Crippen LogP contribution in [0.15, 0.2) is 36.5 Å². The summed E-state index contributed by atoms with van der Waals surface area (Å²) in [4.78, 5) is 4.32. The fraction of sp³-hybridized carbons (Fsp3) is 0.357. The second-order valence-corrected chi connectivity index (χ2v) is 4.57. The third-order valence-electron chi connectivity index (χ3n) is 3.21. The number of anilines is 1. The number of benzene rings is 1. The fourth-order valence-electron chi connectivity index (χ4n) is 1.77. The van der Waals surface area contributed by atoms with Gasteiger partial charge in [0.15, 0.2) is 0 Å².